The molecule has 4 heteroatoms. The van der Waals surface area contributed by atoms with Gasteiger partial charge in [-0.05, 0) is 42.3 Å². The molecule has 0 saturated heterocycles. The Morgan fingerprint density at radius 3 is 2.80 bits per heavy atom. The number of carboxylic acids is 1. The number of hydrogen-bond acceptors (Lipinski definition) is 3. The molecule has 0 fully saturated rings. The van der Waals surface area contributed by atoms with Crippen LogP contribution in [0.4, 0.5) is 0 Å². The summed E-state index contributed by atoms with van der Waals surface area (Å²) in [6, 6.07) is 9.17. The first-order valence-corrected chi connectivity index (χ1v) is 6.20. The van der Waals surface area contributed by atoms with Gasteiger partial charge in [0.1, 0.15) is 0 Å². The van der Waals surface area contributed by atoms with Crippen LogP contribution in [-0.2, 0) is 0 Å². The van der Waals surface area contributed by atoms with Crippen LogP contribution in [0.25, 0.3) is 22.0 Å². The molecule has 0 spiro atoms. The van der Waals surface area contributed by atoms with Crippen molar-refractivity contribution in [3.05, 3.63) is 60.0 Å². The second kappa shape index (κ2) is 4.74. The topological polar surface area (TPSA) is 63.1 Å². The first-order chi connectivity index (χ1) is 9.66. The Kier molecular flexibility index (Phi) is 2.91. The third-order valence-electron chi connectivity index (χ3n) is 3.29. The van der Waals surface area contributed by atoms with Crippen molar-refractivity contribution in [2.45, 2.75) is 6.92 Å². The monoisotopic (exact) mass is 264 g/mol. The predicted octanol–water partition coefficient (Wildman–Crippen LogP) is 3.30. The molecule has 3 aromatic rings. The Balaban J connectivity index is 2.33. The largest absolute Gasteiger partial charge is 0.478 e. The zero-order valence-corrected chi connectivity index (χ0v) is 10.9. The summed E-state index contributed by atoms with van der Waals surface area (Å²) in [6.45, 7) is 1.98. The maximum Gasteiger partial charge on any atom is 0.337 e. The molecule has 0 radical (unpaired) electrons. The van der Waals surface area contributed by atoms with Gasteiger partial charge in [0.25, 0.3) is 0 Å². The molecule has 0 aliphatic heterocycles. The minimum Gasteiger partial charge on any atom is -0.478 e. The molecule has 0 unspecified atom stereocenters. The van der Waals surface area contributed by atoms with Gasteiger partial charge in [0.2, 0.25) is 0 Å². The van der Waals surface area contributed by atoms with Crippen LogP contribution in [0, 0.1) is 6.92 Å². The zero-order chi connectivity index (χ0) is 14.1. The standard InChI is InChI=1S/C16H12N2O2/c1-10-4-6-17-9-14(10)12-7-11-3-2-5-18-15(11)13(8-12)16(19)20/h2-9H,1H3,(H,19,20). The third-order valence-corrected chi connectivity index (χ3v) is 3.29. The average Bonchev–Trinajstić information content (AvgIpc) is 2.46. The molecule has 2 heterocycles. The molecule has 0 bridgehead atoms. The van der Waals surface area contributed by atoms with E-state index < -0.39 is 5.97 Å². The molecule has 0 saturated carbocycles. The van der Waals surface area contributed by atoms with Crippen molar-refractivity contribution in [1.29, 1.82) is 0 Å². The summed E-state index contributed by atoms with van der Waals surface area (Å²) in [7, 11) is 0. The molecular weight excluding hydrogens is 252 g/mol. The molecule has 3 rings (SSSR count). The molecule has 1 aromatic carbocycles. The fourth-order valence-electron chi connectivity index (χ4n) is 2.28. The SMILES string of the molecule is Cc1ccncc1-c1cc(C(=O)O)c2ncccc2c1. The normalized spacial score (nSPS) is 10.7. The van der Waals surface area contributed by atoms with Crippen molar-refractivity contribution in [2.75, 3.05) is 0 Å². The highest BCUT2D eigenvalue weighted by molar-refractivity contribution is 6.04. The number of carbonyl (C=O) groups is 1. The van der Waals surface area contributed by atoms with Gasteiger partial charge in [-0.2, -0.15) is 0 Å². The summed E-state index contributed by atoms with van der Waals surface area (Å²) in [5, 5.41) is 10.2. The zero-order valence-electron chi connectivity index (χ0n) is 10.9. The Hall–Kier alpha value is -2.75. The molecule has 1 N–H and O–H groups in total. The Bertz CT molecular complexity index is 812. The quantitative estimate of drug-likeness (QED) is 0.771. The van der Waals surface area contributed by atoms with Gasteiger partial charge in [-0.1, -0.05) is 6.07 Å². The predicted molar refractivity (Wildman–Crippen MR) is 76.7 cm³/mol. The molecule has 2 aromatic heterocycles. The van der Waals surface area contributed by atoms with Gasteiger partial charge in [-0.15, -0.1) is 0 Å². The second-order valence-corrected chi connectivity index (χ2v) is 4.59. The first kappa shape index (κ1) is 12.3. The summed E-state index contributed by atoms with van der Waals surface area (Å²) in [5.41, 5.74) is 3.54. The maximum absolute atomic E-state index is 11.4. The maximum atomic E-state index is 11.4. The van der Waals surface area contributed by atoms with Gasteiger partial charge in [0.15, 0.2) is 0 Å². The van der Waals surface area contributed by atoms with Crippen LogP contribution in [0.15, 0.2) is 48.9 Å². The summed E-state index contributed by atoms with van der Waals surface area (Å²) >= 11 is 0. The van der Waals surface area contributed by atoms with Crippen molar-refractivity contribution in [2.24, 2.45) is 0 Å². The third kappa shape index (κ3) is 2.01. The molecule has 0 aliphatic carbocycles. The average molecular weight is 264 g/mol. The fourth-order valence-corrected chi connectivity index (χ4v) is 2.28. The number of aryl methyl sites for hydroxylation is 1. The van der Waals surface area contributed by atoms with E-state index in [-0.39, 0.29) is 5.56 Å². The van der Waals surface area contributed by atoms with E-state index in [0.717, 1.165) is 22.1 Å². The van der Waals surface area contributed by atoms with Gasteiger partial charge in [-0.3, -0.25) is 9.97 Å². The number of nitrogens with zero attached hydrogens (tertiary/aromatic N) is 2. The van der Waals surface area contributed by atoms with E-state index in [0.29, 0.717) is 5.52 Å². The number of hydrogen-bond donors (Lipinski definition) is 1. The van der Waals surface area contributed by atoms with Gasteiger partial charge in [0, 0.05) is 29.5 Å². The number of aromatic nitrogens is 2. The van der Waals surface area contributed by atoms with Crippen molar-refractivity contribution in [3.63, 3.8) is 0 Å². The summed E-state index contributed by atoms with van der Waals surface area (Å²) in [5.74, 6) is -0.975. The van der Waals surface area contributed by atoms with Crippen LogP contribution < -0.4 is 0 Å². The molecule has 98 valence electrons. The van der Waals surface area contributed by atoms with Crippen molar-refractivity contribution in [3.8, 4) is 11.1 Å². The van der Waals surface area contributed by atoms with E-state index in [4.69, 9.17) is 0 Å². The van der Waals surface area contributed by atoms with E-state index in [1.54, 1.807) is 30.7 Å². The van der Waals surface area contributed by atoms with E-state index >= 15 is 0 Å². The molecule has 4 nitrogen and oxygen atoms in total. The number of benzene rings is 1. The summed E-state index contributed by atoms with van der Waals surface area (Å²) in [4.78, 5) is 19.7. The lowest BCUT2D eigenvalue weighted by Crippen LogP contribution is -2.00. The minimum atomic E-state index is -0.975. The van der Waals surface area contributed by atoms with E-state index in [9.17, 15) is 9.90 Å². The minimum absolute atomic E-state index is 0.210. The smallest absolute Gasteiger partial charge is 0.337 e. The number of pyridine rings is 2. The van der Waals surface area contributed by atoms with E-state index in [1.807, 2.05) is 25.1 Å². The second-order valence-electron chi connectivity index (χ2n) is 4.59. The Labute approximate surface area is 115 Å². The molecule has 0 amide bonds. The summed E-state index contributed by atoms with van der Waals surface area (Å²) in [6.07, 6.45) is 5.07. The lowest BCUT2D eigenvalue weighted by atomic mass is 9.98. The van der Waals surface area contributed by atoms with Crippen LogP contribution in [0.2, 0.25) is 0 Å². The lowest BCUT2D eigenvalue weighted by molar-refractivity contribution is 0.0699. The van der Waals surface area contributed by atoms with E-state index in [2.05, 4.69) is 9.97 Å². The van der Waals surface area contributed by atoms with Gasteiger partial charge >= 0.3 is 5.97 Å². The van der Waals surface area contributed by atoms with Gasteiger partial charge in [0.05, 0.1) is 11.1 Å². The summed E-state index contributed by atoms with van der Waals surface area (Å²) < 4.78 is 0. The first-order valence-electron chi connectivity index (χ1n) is 6.20. The van der Waals surface area contributed by atoms with Crippen LogP contribution in [0.3, 0.4) is 0 Å². The van der Waals surface area contributed by atoms with Crippen molar-refractivity contribution < 1.29 is 9.90 Å². The Morgan fingerprint density at radius 1 is 1.20 bits per heavy atom. The van der Waals surface area contributed by atoms with Crippen LogP contribution in [-0.4, -0.2) is 21.0 Å². The molecule has 0 aliphatic rings. The molecule has 20 heavy (non-hydrogen) atoms. The van der Waals surface area contributed by atoms with E-state index in [1.165, 1.54) is 0 Å². The Morgan fingerprint density at radius 2 is 2.05 bits per heavy atom. The highest BCUT2D eigenvalue weighted by Crippen LogP contribution is 2.28. The lowest BCUT2D eigenvalue weighted by Gasteiger charge is -2.09. The van der Waals surface area contributed by atoms with Crippen molar-refractivity contribution >= 4 is 16.9 Å². The number of carboxylic acid groups (broad SMARTS) is 1. The highest BCUT2D eigenvalue weighted by atomic mass is 16.4. The number of rotatable bonds is 2. The van der Waals surface area contributed by atoms with Crippen LogP contribution in [0.1, 0.15) is 15.9 Å². The highest BCUT2D eigenvalue weighted by Gasteiger charge is 2.13. The molecule has 0 atom stereocenters. The van der Waals surface area contributed by atoms with Crippen molar-refractivity contribution in [1.82, 2.24) is 9.97 Å². The fraction of sp³-hybridized carbons (Fsp3) is 0.0625. The molecular formula is C16H12N2O2. The number of fused-ring (bicyclic) bond motifs is 1. The van der Waals surface area contributed by atoms with Gasteiger partial charge in [-0.25, -0.2) is 4.79 Å². The van der Waals surface area contributed by atoms with Gasteiger partial charge < -0.3 is 5.11 Å². The van der Waals surface area contributed by atoms with Crippen LogP contribution in [0.5, 0.6) is 0 Å². The number of aromatic carboxylic acids is 1. The van der Waals surface area contributed by atoms with Crippen LogP contribution >= 0.6 is 0 Å².